The van der Waals surface area contributed by atoms with Gasteiger partial charge < -0.3 is 19.2 Å². The van der Waals surface area contributed by atoms with Crippen LogP contribution in [0.15, 0.2) is 95.9 Å². The van der Waals surface area contributed by atoms with E-state index in [4.69, 9.17) is 13.9 Å². The van der Waals surface area contributed by atoms with Crippen molar-refractivity contribution in [3.8, 4) is 28.6 Å². The maximum absolute atomic E-state index is 12.2. The molecule has 4 aromatic rings. The predicted molar refractivity (Wildman–Crippen MR) is 109 cm³/mol. The average molecular weight is 386 g/mol. The third-order valence-electron chi connectivity index (χ3n) is 4.04. The van der Waals surface area contributed by atoms with E-state index in [1.54, 1.807) is 36.5 Å². The Bertz CT molecular complexity index is 1060. The SMILES string of the molecule is O=C(COc1ccc(Oc2ccccc2)cc1)Nc1cccc(-c2cnco2)c1. The van der Waals surface area contributed by atoms with Crippen LogP contribution in [-0.2, 0) is 4.79 Å². The molecule has 0 spiro atoms. The number of ether oxygens (including phenoxy) is 2. The third kappa shape index (κ3) is 5.01. The molecule has 4 rings (SSSR count). The molecule has 0 fully saturated rings. The molecule has 0 atom stereocenters. The highest BCUT2D eigenvalue weighted by Crippen LogP contribution is 2.24. The Morgan fingerprint density at radius 3 is 2.41 bits per heavy atom. The Morgan fingerprint density at radius 2 is 1.66 bits per heavy atom. The minimum absolute atomic E-state index is 0.106. The third-order valence-corrected chi connectivity index (χ3v) is 4.04. The molecule has 1 aromatic heterocycles. The molecule has 0 aliphatic rings. The Kier molecular flexibility index (Phi) is 5.53. The molecule has 0 aliphatic carbocycles. The zero-order chi connectivity index (χ0) is 19.9. The van der Waals surface area contributed by atoms with Crippen molar-refractivity contribution >= 4 is 11.6 Å². The summed E-state index contributed by atoms with van der Waals surface area (Å²) in [7, 11) is 0. The van der Waals surface area contributed by atoms with Crippen LogP contribution in [0.3, 0.4) is 0 Å². The van der Waals surface area contributed by atoms with Crippen molar-refractivity contribution in [2.75, 3.05) is 11.9 Å². The van der Waals surface area contributed by atoms with Gasteiger partial charge in [0.05, 0.1) is 6.20 Å². The molecule has 6 nitrogen and oxygen atoms in total. The molecule has 1 amide bonds. The first-order valence-electron chi connectivity index (χ1n) is 9.01. The molecule has 0 saturated carbocycles. The van der Waals surface area contributed by atoms with Gasteiger partial charge in [-0.05, 0) is 48.5 Å². The second kappa shape index (κ2) is 8.75. The summed E-state index contributed by atoms with van der Waals surface area (Å²) in [5, 5.41) is 2.81. The van der Waals surface area contributed by atoms with Gasteiger partial charge in [0.1, 0.15) is 17.2 Å². The van der Waals surface area contributed by atoms with Gasteiger partial charge in [-0.1, -0.05) is 30.3 Å². The minimum Gasteiger partial charge on any atom is -0.484 e. The summed E-state index contributed by atoms with van der Waals surface area (Å²) in [4.78, 5) is 16.1. The predicted octanol–water partition coefficient (Wildman–Crippen LogP) is 5.15. The fourth-order valence-corrected chi connectivity index (χ4v) is 2.68. The zero-order valence-electron chi connectivity index (χ0n) is 15.4. The fourth-order valence-electron chi connectivity index (χ4n) is 2.68. The Balaban J connectivity index is 1.30. The van der Waals surface area contributed by atoms with Gasteiger partial charge in [-0.3, -0.25) is 4.79 Å². The molecule has 1 heterocycles. The molecule has 144 valence electrons. The molecule has 0 radical (unpaired) electrons. The van der Waals surface area contributed by atoms with Crippen LogP contribution in [-0.4, -0.2) is 17.5 Å². The van der Waals surface area contributed by atoms with Gasteiger partial charge in [0.2, 0.25) is 0 Å². The van der Waals surface area contributed by atoms with Gasteiger partial charge in [-0.25, -0.2) is 4.98 Å². The van der Waals surface area contributed by atoms with Gasteiger partial charge in [0, 0.05) is 11.3 Å². The highest BCUT2D eigenvalue weighted by molar-refractivity contribution is 5.92. The van der Waals surface area contributed by atoms with Crippen molar-refractivity contribution in [1.82, 2.24) is 4.98 Å². The van der Waals surface area contributed by atoms with Crippen molar-refractivity contribution in [3.63, 3.8) is 0 Å². The summed E-state index contributed by atoms with van der Waals surface area (Å²) in [6.07, 6.45) is 2.99. The number of carbonyl (C=O) groups excluding carboxylic acids is 1. The number of hydrogen-bond donors (Lipinski definition) is 1. The summed E-state index contributed by atoms with van der Waals surface area (Å²) in [6, 6.07) is 23.9. The van der Waals surface area contributed by atoms with E-state index in [0.717, 1.165) is 11.3 Å². The number of aromatic nitrogens is 1. The van der Waals surface area contributed by atoms with E-state index in [1.807, 2.05) is 48.5 Å². The monoisotopic (exact) mass is 386 g/mol. The number of nitrogens with zero attached hydrogens (tertiary/aromatic N) is 1. The average Bonchev–Trinajstić information content (AvgIpc) is 3.29. The number of para-hydroxylation sites is 1. The number of amides is 1. The van der Waals surface area contributed by atoms with Gasteiger partial charge in [0.25, 0.3) is 5.91 Å². The lowest BCUT2D eigenvalue weighted by molar-refractivity contribution is -0.118. The molecule has 0 aliphatic heterocycles. The van der Waals surface area contributed by atoms with Crippen LogP contribution < -0.4 is 14.8 Å². The van der Waals surface area contributed by atoms with Crippen LogP contribution in [0.1, 0.15) is 0 Å². The lowest BCUT2D eigenvalue weighted by atomic mass is 10.1. The van der Waals surface area contributed by atoms with Crippen molar-refractivity contribution in [2.45, 2.75) is 0 Å². The first-order chi connectivity index (χ1) is 14.3. The van der Waals surface area contributed by atoms with E-state index in [0.29, 0.717) is 22.9 Å². The molecule has 0 bridgehead atoms. The van der Waals surface area contributed by atoms with Crippen LogP contribution in [0.25, 0.3) is 11.3 Å². The van der Waals surface area contributed by atoms with Gasteiger partial charge in [-0.15, -0.1) is 0 Å². The summed E-state index contributed by atoms with van der Waals surface area (Å²) in [5.74, 6) is 2.40. The topological polar surface area (TPSA) is 73.6 Å². The minimum atomic E-state index is -0.260. The summed E-state index contributed by atoms with van der Waals surface area (Å²) >= 11 is 0. The lowest BCUT2D eigenvalue weighted by Crippen LogP contribution is -2.20. The quantitative estimate of drug-likeness (QED) is 0.475. The zero-order valence-corrected chi connectivity index (χ0v) is 15.4. The number of benzene rings is 3. The Morgan fingerprint density at radius 1 is 0.897 bits per heavy atom. The van der Waals surface area contributed by atoms with Gasteiger partial charge in [-0.2, -0.15) is 0 Å². The Labute approximate surface area is 167 Å². The lowest BCUT2D eigenvalue weighted by Gasteiger charge is -2.09. The number of carbonyl (C=O) groups is 1. The van der Waals surface area contributed by atoms with Crippen LogP contribution in [0, 0.1) is 0 Å². The Hall–Kier alpha value is -4.06. The van der Waals surface area contributed by atoms with Gasteiger partial charge in [0.15, 0.2) is 18.8 Å². The molecular formula is C23H18N2O4. The van der Waals surface area contributed by atoms with Gasteiger partial charge >= 0.3 is 0 Å². The highest BCUT2D eigenvalue weighted by atomic mass is 16.5. The van der Waals surface area contributed by atoms with Crippen molar-refractivity contribution in [3.05, 3.63) is 91.5 Å². The summed E-state index contributed by atoms with van der Waals surface area (Å²) < 4.78 is 16.6. The molecule has 3 aromatic carbocycles. The number of nitrogens with one attached hydrogen (secondary N) is 1. The van der Waals surface area contributed by atoms with E-state index in [9.17, 15) is 4.79 Å². The molecule has 6 heteroatoms. The second-order valence-corrected chi connectivity index (χ2v) is 6.17. The number of oxazole rings is 1. The van der Waals surface area contributed by atoms with Crippen molar-refractivity contribution in [1.29, 1.82) is 0 Å². The summed E-state index contributed by atoms with van der Waals surface area (Å²) in [5.41, 5.74) is 1.48. The maximum Gasteiger partial charge on any atom is 0.262 e. The van der Waals surface area contributed by atoms with Crippen LogP contribution in [0.5, 0.6) is 17.2 Å². The number of hydrogen-bond acceptors (Lipinski definition) is 5. The molecule has 1 N–H and O–H groups in total. The van der Waals surface area contributed by atoms with Crippen molar-refractivity contribution in [2.24, 2.45) is 0 Å². The highest BCUT2D eigenvalue weighted by Gasteiger charge is 2.07. The van der Waals surface area contributed by atoms with Crippen LogP contribution in [0.4, 0.5) is 5.69 Å². The molecule has 29 heavy (non-hydrogen) atoms. The molecule has 0 saturated heterocycles. The first-order valence-corrected chi connectivity index (χ1v) is 9.01. The van der Waals surface area contributed by atoms with Crippen molar-refractivity contribution < 1.29 is 18.7 Å². The maximum atomic E-state index is 12.2. The summed E-state index contributed by atoms with van der Waals surface area (Å²) in [6.45, 7) is -0.106. The van der Waals surface area contributed by atoms with E-state index in [2.05, 4.69) is 10.3 Å². The number of anilines is 1. The molecular weight excluding hydrogens is 368 g/mol. The fraction of sp³-hybridized carbons (Fsp3) is 0.0435. The van der Waals surface area contributed by atoms with E-state index >= 15 is 0 Å². The standard InChI is InChI=1S/C23H18N2O4/c26-23(25-18-6-4-5-17(13-18)22-14-24-16-28-22)15-27-19-9-11-21(12-10-19)29-20-7-2-1-3-8-20/h1-14,16H,15H2,(H,25,26). The van der Waals surface area contributed by atoms with E-state index < -0.39 is 0 Å². The van der Waals surface area contributed by atoms with Crippen LogP contribution >= 0.6 is 0 Å². The van der Waals surface area contributed by atoms with Crippen LogP contribution in [0.2, 0.25) is 0 Å². The first kappa shape index (κ1) is 18.3. The largest absolute Gasteiger partial charge is 0.484 e. The van der Waals surface area contributed by atoms with E-state index in [1.165, 1.54) is 6.39 Å². The molecule has 0 unspecified atom stereocenters. The number of rotatable bonds is 7. The second-order valence-electron chi connectivity index (χ2n) is 6.17. The van der Waals surface area contributed by atoms with E-state index in [-0.39, 0.29) is 12.5 Å². The normalized spacial score (nSPS) is 10.3. The smallest absolute Gasteiger partial charge is 0.262 e.